The van der Waals surface area contributed by atoms with Crippen molar-refractivity contribution < 1.29 is 9.47 Å². The standard InChI is InChI=1S/C14H19N3O2/c1-18-14-11-9-16-17-12(11)4-5-13(14)19-10-3-2-7-15-8-6-10/h4-5,9-10,15H,2-3,6-8H2,1H3,(H,16,17). The van der Waals surface area contributed by atoms with Gasteiger partial charge in [0.1, 0.15) is 6.10 Å². The second kappa shape index (κ2) is 5.48. The number of hydrogen-bond acceptors (Lipinski definition) is 4. The highest BCUT2D eigenvalue weighted by molar-refractivity contribution is 5.87. The SMILES string of the molecule is COc1c(OC2CCCNCC2)ccc2[nH]ncc12. The van der Waals surface area contributed by atoms with Crippen LogP contribution in [0.2, 0.25) is 0 Å². The van der Waals surface area contributed by atoms with E-state index >= 15 is 0 Å². The highest BCUT2D eigenvalue weighted by Gasteiger charge is 2.17. The lowest BCUT2D eigenvalue weighted by Crippen LogP contribution is -2.19. The summed E-state index contributed by atoms with van der Waals surface area (Å²) in [6, 6.07) is 3.94. The Hall–Kier alpha value is -1.75. The summed E-state index contributed by atoms with van der Waals surface area (Å²) >= 11 is 0. The fraction of sp³-hybridized carbons (Fsp3) is 0.500. The average Bonchev–Trinajstić information content (AvgIpc) is 2.76. The molecule has 0 bridgehead atoms. The number of aromatic amines is 1. The van der Waals surface area contributed by atoms with Crippen molar-refractivity contribution in [2.45, 2.75) is 25.4 Å². The third kappa shape index (κ3) is 2.51. The van der Waals surface area contributed by atoms with Crippen LogP contribution < -0.4 is 14.8 Å². The Bertz CT molecular complexity index is 545. The minimum absolute atomic E-state index is 0.258. The van der Waals surface area contributed by atoms with E-state index in [1.165, 1.54) is 0 Å². The molecule has 0 saturated carbocycles. The van der Waals surface area contributed by atoms with Crippen LogP contribution in [0.25, 0.3) is 10.9 Å². The Kier molecular flexibility index (Phi) is 3.55. The maximum atomic E-state index is 6.13. The van der Waals surface area contributed by atoms with Crippen LogP contribution in [0.15, 0.2) is 18.3 Å². The molecule has 3 rings (SSSR count). The van der Waals surface area contributed by atoms with Crippen molar-refractivity contribution in [2.24, 2.45) is 0 Å². The second-order valence-corrected chi connectivity index (χ2v) is 4.85. The van der Waals surface area contributed by atoms with Crippen LogP contribution in [0.4, 0.5) is 0 Å². The zero-order valence-electron chi connectivity index (χ0n) is 11.1. The summed E-state index contributed by atoms with van der Waals surface area (Å²) < 4.78 is 11.6. The summed E-state index contributed by atoms with van der Waals surface area (Å²) in [5, 5.41) is 11.3. The Labute approximate surface area is 112 Å². The Morgan fingerprint density at radius 3 is 3.11 bits per heavy atom. The summed E-state index contributed by atoms with van der Waals surface area (Å²) in [4.78, 5) is 0. The van der Waals surface area contributed by atoms with Crippen molar-refractivity contribution in [1.82, 2.24) is 15.5 Å². The number of nitrogens with one attached hydrogen (secondary N) is 2. The van der Waals surface area contributed by atoms with Gasteiger partial charge in [-0.1, -0.05) is 0 Å². The quantitative estimate of drug-likeness (QED) is 0.888. The van der Waals surface area contributed by atoms with Crippen LogP contribution in [0, 0.1) is 0 Å². The molecule has 0 radical (unpaired) electrons. The van der Waals surface area contributed by atoms with Crippen molar-refractivity contribution in [3.05, 3.63) is 18.3 Å². The van der Waals surface area contributed by atoms with Crippen molar-refractivity contribution >= 4 is 10.9 Å². The molecule has 1 aromatic carbocycles. The molecule has 1 unspecified atom stereocenters. The van der Waals surface area contributed by atoms with Crippen LogP contribution in [-0.2, 0) is 0 Å². The summed E-state index contributed by atoms with van der Waals surface area (Å²) in [6.45, 7) is 2.10. The van der Waals surface area contributed by atoms with Crippen molar-refractivity contribution in [3.63, 3.8) is 0 Å². The van der Waals surface area contributed by atoms with E-state index in [1.54, 1.807) is 13.3 Å². The van der Waals surface area contributed by atoms with E-state index in [2.05, 4.69) is 15.5 Å². The lowest BCUT2D eigenvalue weighted by molar-refractivity contribution is 0.180. The Morgan fingerprint density at radius 1 is 1.26 bits per heavy atom. The normalized spacial score (nSPS) is 20.2. The lowest BCUT2D eigenvalue weighted by atomic mass is 10.1. The molecule has 1 aliphatic heterocycles. The summed E-state index contributed by atoms with van der Waals surface area (Å²) in [7, 11) is 1.67. The maximum absolute atomic E-state index is 6.13. The molecule has 2 aromatic rings. The molecule has 5 heteroatoms. The molecule has 2 N–H and O–H groups in total. The number of methoxy groups -OCH3 is 1. The molecular formula is C14H19N3O2. The fourth-order valence-electron chi connectivity index (χ4n) is 2.56. The average molecular weight is 261 g/mol. The van der Waals surface area contributed by atoms with E-state index in [4.69, 9.17) is 9.47 Å². The smallest absolute Gasteiger partial charge is 0.171 e. The first kappa shape index (κ1) is 12.3. The van der Waals surface area contributed by atoms with E-state index in [9.17, 15) is 0 Å². The maximum Gasteiger partial charge on any atom is 0.171 e. The molecule has 1 aliphatic rings. The fourth-order valence-corrected chi connectivity index (χ4v) is 2.56. The van der Waals surface area contributed by atoms with Crippen molar-refractivity contribution in [1.29, 1.82) is 0 Å². The number of hydrogen-bond donors (Lipinski definition) is 2. The number of H-pyrrole nitrogens is 1. The van der Waals surface area contributed by atoms with Gasteiger partial charge in [-0.3, -0.25) is 5.10 Å². The summed E-state index contributed by atoms with van der Waals surface area (Å²) in [6.07, 6.45) is 5.30. The minimum atomic E-state index is 0.258. The predicted molar refractivity (Wildman–Crippen MR) is 73.8 cm³/mol. The zero-order chi connectivity index (χ0) is 13.1. The van der Waals surface area contributed by atoms with E-state index in [-0.39, 0.29) is 6.10 Å². The summed E-state index contributed by atoms with van der Waals surface area (Å²) in [5.41, 5.74) is 0.965. The van der Waals surface area contributed by atoms with Gasteiger partial charge in [-0.2, -0.15) is 5.10 Å². The Balaban J connectivity index is 1.86. The van der Waals surface area contributed by atoms with Gasteiger partial charge < -0.3 is 14.8 Å². The highest BCUT2D eigenvalue weighted by atomic mass is 16.5. The van der Waals surface area contributed by atoms with Gasteiger partial charge in [-0.15, -0.1) is 0 Å². The van der Waals surface area contributed by atoms with E-state index < -0.39 is 0 Å². The number of benzene rings is 1. The van der Waals surface area contributed by atoms with Crippen LogP contribution >= 0.6 is 0 Å². The third-order valence-corrected chi connectivity index (χ3v) is 3.56. The third-order valence-electron chi connectivity index (χ3n) is 3.56. The van der Waals surface area contributed by atoms with E-state index in [0.717, 1.165) is 54.8 Å². The number of fused-ring (bicyclic) bond motifs is 1. The first-order valence-corrected chi connectivity index (χ1v) is 6.76. The molecule has 0 aliphatic carbocycles. The molecule has 0 amide bonds. The predicted octanol–water partition coefficient (Wildman–Crippen LogP) is 2.09. The molecule has 0 spiro atoms. The van der Waals surface area contributed by atoms with Crippen LogP contribution in [0.3, 0.4) is 0 Å². The second-order valence-electron chi connectivity index (χ2n) is 4.85. The van der Waals surface area contributed by atoms with Gasteiger partial charge in [-0.05, 0) is 44.5 Å². The molecule has 2 heterocycles. The van der Waals surface area contributed by atoms with Gasteiger partial charge >= 0.3 is 0 Å². The summed E-state index contributed by atoms with van der Waals surface area (Å²) in [5.74, 6) is 1.58. The van der Waals surface area contributed by atoms with Crippen LogP contribution in [0.1, 0.15) is 19.3 Å². The van der Waals surface area contributed by atoms with E-state index in [1.807, 2.05) is 12.1 Å². The van der Waals surface area contributed by atoms with Gasteiger partial charge in [0.2, 0.25) is 0 Å². The van der Waals surface area contributed by atoms with Crippen molar-refractivity contribution in [2.75, 3.05) is 20.2 Å². The molecule has 19 heavy (non-hydrogen) atoms. The van der Waals surface area contributed by atoms with Gasteiger partial charge in [0.15, 0.2) is 11.5 Å². The van der Waals surface area contributed by atoms with Gasteiger partial charge in [-0.25, -0.2) is 0 Å². The van der Waals surface area contributed by atoms with E-state index in [0.29, 0.717) is 0 Å². The van der Waals surface area contributed by atoms with Crippen molar-refractivity contribution in [3.8, 4) is 11.5 Å². The Morgan fingerprint density at radius 2 is 2.21 bits per heavy atom. The monoisotopic (exact) mass is 261 g/mol. The number of ether oxygens (including phenoxy) is 2. The molecule has 1 saturated heterocycles. The van der Waals surface area contributed by atoms with Gasteiger partial charge in [0.25, 0.3) is 0 Å². The zero-order valence-corrected chi connectivity index (χ0v) is 11.1. The molecule has 102 valence electrons. The first-order chi connectivity index (χ1) is 9.38. The molecule has 1 fully saturated rings. The molecule has 5 nitrogen and oxygen atoms in total. The molecular weight excluding hydrogens is 242 g/mol. The lowest BCUT2D eigenvalue weighted by Gasteiger charge is -2.18. The van der Waals surface area contributed by atoms with Gasteiger partial charge in [0.05, 0.1) is 24.2 Å². The highest BCUT2D eigenvalue weighted by Crippen LogP contribution is 2.35. The largest absolute Gasteiger partial charge is 0.492 e. The molecule has 1 atom stereocenters. The van der Waals surface area contributed by atoms with Crippen LogP contribution in [-0.4, -0.2) is 36.5 Å². The topological polar surface area (TPSA) is 59.2 Å². The van der Waals surface area contributed by atoms with Gasteiger partial charge in [0, 0.05) is 0 Å². The molecule has 1 aromatic heterocycles. The number of aromatic nitrogens is 2. The van der Waals surface area contributed by atoms with Crippen LogP contribution in [0.5, 0.6) is 11.5 Å². The minimum Gasteiger partial charge on any atom is -0.492 e. The number of nitrogens with zero attached hydrogens (tertiary/aromatic N) is 1. The first-order valence-electron chi connectivity index (χ1n) is 6.76. The number of rotatable bonds is 3.